The van der Waals surface area contributed by atoms with Crippen LogP contribution in [0.4, 0.5) is 14.6 Å². The van der Waals surface area contributed by atoms with Crippen LogP contribution in [-0.4, -0.2) is 16.2 Å². The van der Waals surface area contributed by atoms with Crippen molar-refractivity contribution in [2.75, 3.05) is 0 Å². The minimum absolute atomic E-state index is 0.142. The first-order valence-corrected chi connectivity index (χ1v) is 3.84. The molecule has 82 valence electrons. The van der Waals surface area contributed by atoms with Crippen LogP contribution in [0.25, 0.3) is 0 Å². The number of rotatable bonds is 3. The number of carbonyl (C=O) groups excluding carboxylic acids is 1. The fourth-order valence-corrected chi connectivity index (χ4v) is 1.07. The summed E-state index contributed by atoms with van der Waals surface area (Å²) in [5, 5.41) is 19.0. The second-order valence-corrected chi connectivity index (χ2v) is 2.62. The fraction of sp³-hybridized carbons (Fsp3) is 0.125. The van der Waals surface area contributed by atoms with Gasteiger partial charge in [-0.1, -0.05) is 0 Å². The maximum absolute atomic E-state index is 12.5. The molecule has 0 aliphatic carbocycles. The van der Waals surface area contributed by atoms with Crippen LogP contribution in [0.1, 0.15) is 28.0 Å². The number of hydrogen-bond donors (Lipinski definition) is 0. The molecule has 0 saturated carbocycles. The van der Waals surface area contributed by atoms with Crippen molar-refractivity contribution in [2.45, 2.75) is 6.43 Å². The Balaban J connectivity index is 3.61. The van der Waals surface area contributed by atoms with Crippen LogP contribution >= 0.6 is 0 Å². The van der Waals surface area contributed by atoms with E-state index >= 15 is 0 Å². The highest BCUT2D eigenvalue weighted by atomic mass is 19.3. The molecule has 0 saturated heterocycles. The molecule has 0 aromatic carbocycles. The van der Waals surface area contributed by atoms with E-state index in [0.29, 0.717) is 0 Å². The maximum Gasteiger partial charge on any atom is 0.374 e. The summed E-state index contributed by atoms with van der Waals surface area (Å²) >= 11 is 0. The Hall–Kier alpha value is -2.43. The van der Waals surface area contributed by atoms with Crippen molar-refractivity contribution in [1.29, 1.82) is 5.26 Å². The quantitative estimate of drug-likeness (QED) is 0.443. The van der Waals surface area contributed by atoms with Gasteiger partial charge in [-0.3, -0.25) is 4.79 Å². The summed E-state index contributed by atoms with van der Waals surface area (Å²) in [6, 6.07) is 2.14. The summed E-state index contributed by atoms with van der Waals surface area (Å²) in [6.45, 7) is 0. The molecule has 0 fully saturated rings. The molecule has 0 unspecified atom stereocenters. The van der Waals surface area contributed by atoms with E-state index in [4.69, 9.17) is 5.26 Å². The first kappa shape index (κ1) is 11.6. The number of alkyl halides is 2. The van der Waals surface area contributed by atoms with E-state index < -0.39 is 34.0 Å². The van der Waals surface area contributed by atoms with Crippen LogP contribution < -0.4 is 0 Å². The summed E-state index contributed by atoms with van der Waals surface area (Å²) in [6.07, 6.45) is -3.06. The first-order valence-electron chi connectivity index (χ1n) is 3.84. The molecular formula is C8H3F2N3O3. The minimum atomic E-state index is -3.21. The third-order valence-electron chi connectivity index (χ3n) is 1.69. The molecule has 0 bridgehead atoms. The zero-order valence-electron chi connectivity index (χ0n) is 7.55. The van der Waals surface area contributed by atoms with Crippen LogP contribution in [0.5, 0.6) is 0 Å². The number of nitrogens with zero attached hydrogens (tertiary/aromatic N) is 3. The third-order valence-corrected chi connectivity index (χ3v) is 1.69. The van der Waals surface area contributed by atoms with Gasteiger partial charge in [0, 0.05) is 6.07 Å². The highest BCUT2D eigenvalue weighted by molar-refractivity contribution is 5.74. The van der Waals surface area contributed by atoms with Crippen LogP contribution in [0.2, 0.25) is 0 Å². The van der Waals surface area contributed by atoms with Crippen molar-refractivity contribution < 1.29 is 18.5 Å². The lowest BCUT2D eigenvalue weighted by atomic mass is 10.1. The van der Waals surface area contributed by atoms with Crippen LogP contribution in [-0.2, 0) is 0 Å². The zero-order chi connectivity index (χ0) is 12.3. The highest BCUT2D eigenvalue weighted by Crippen LogP contribution is 2.30. The Kier molecular flexibility index (Phi) is 3.20. The first-order chi connectivity index (χ1) is 7.51. The fourth-order valence-electron chi connectivity index (χ4n) is 1.07. The van der Waals surface area contributed by atoms with Crippen LogP contribution in [0.3, 0.4) is 0 Å². The number of nitriles is 1. The van der Waals surface area contributed by atoms with Crippen molar-refractivity contribution in [3.05, 3.63) is 33.0 Å². The van der Waals surface area contributed by atoms with E-state index in [1.54, 1.807) is 0 Å². The minimum Gasteiger partial charge on any atom is -0.358 e. The van der Waals surface area contributed by atoms with Gasteiger partial charge in [0.2, 0.25) is 5.69 Å². The molecule has 0 amide bonds. The second kappa shape index (κ2) is 4.39. The zero-order valence-corrected chi connectivity index (χ0v) is 7.55. The predicted molar refractivity (Wildman–Crippen MR) is 46.0 cm³/mol. The number of carbonyl (C=O) groups is 1. The number of hydrogen-bond acceptors (Lipinski definition) is 5. The summed E-state index contributed by atoms with van der Waals surface area (Å²) in [5.74, 6) is -1.17. The van der Waals surface area contributed by atoms with Crippen molar-refractivity contribution in [3.8, 4) is 6.07 Å². The number of pyridine rings is 1. The Morgan fingerprint density at radius 3 is 2.62 bits per heavy atom. The van der Waals surface area contributed by atoms with Gasteiger partial charge in [0.25, 0.3) is 6.43 Å². The maximum atomic E-state index is 12.5. The van der Waals surface area contributed by atoms with Gasteiger partial charge in [-0.15, -0.1) is 0 Å². The molecule has 1 aromatic rings. The molecule has 0 aliphatic rings. The number of halogens is 2. The van der Waals surface area contributed by atoms with E-state index in [0.717, 1.165) is 6.07 Å². The largest absolute Gasteiger partial charge is 0.374 e. The van der Waals surface area contributed by atoms with Crippen LogP contribution in [0, 0.1) is 21.4 Å². The summed E-state index contributed by atoms with van der Waals surface area (Å²) in [7, 11) is 0. The van der Waals surface area contributed by atoms with Gasteiger partial charge in [0.1, 0.15) is 11.6 Å². The Bertz CT molecular complexity index is 496. The van der Waals surface area contributed by atoms with Gasteiger partial charge < -0.3 is 10.1 Å². The molecule has 1 rings (SSSR count). The van der Waals surface area contributed by atoms with Gasteiger partial charge in [-0.25, -0.2) is 8.78 Å². The second-order valence-electron chi connectivity index (χ2n) is 2.62. The van der Waals surface area contributed by atoms with E-state index in [9.17, 15) is 23.7 Å². The molecule has 1 heterocycles. The lowest BCUT2D eigenvalue weighted by Gasteiger charge is -2.03. The Morgan fingerprint density at radius 2 is 2.25 bits per heavy atom. The molecule has 0 radical (unpaired) electrons. The van der Waals surface area contributed by atoms with Crippen LogP contribution in [0.15, 0.2) is 6.07 Å². The lowest BCUT2D eigenvalue weighted by Crippen LogP contribution is -2.04. The van der Waals surface area contributed by atoms with Gasteiger partial charge >= 0.3 is 5.82 Å². The number of aromatic nitrogens is 1. The third kappa shape index (κ3) is 1.98. The van der Waals surface area contributed by atoms with Crippen molar-refractivity contribution >= 4 is 12.1 Å². The lowest BCUT2D eigenvalue weighted by molar-refractivity contribution is -0.391. The number of aldehydes is 1. The summed E-state index contributed by atoms with van der Waals surface area (Å²) in [4.78, 5) is 22.8. The SMILES string of the molecule is N#Cc1cc(C=O)nc([N+](=O)[O-])c1C(F)F. The van der Waals surface area contributed by atoms with Crippen molar-refractivity contribution in [2.24, 2.45) is 0 Å². The van der Waals surface area contributed by atoms with E-state index in [1.807, 2.05) is 0 Å². The molecule has 0 spiro atoms. The van der Waals surface area contributed by atoms with Gasteiger partial charge in [0.05, 0.1) is 5.56 Å². The average Bonchev–Trinajstić information content (AvgIpc) is 2.26. The molecule has 16 heavy (non-hydrogen) atoms. The standard InChI is InChI=1S/C8H3F2N3O3/c9-7(10)6-4(2-11)1-5(3-14)12-8(6)13(15)16/h1,3,7H. The molecule has 0 aliphatic heterocycles. The molecule has 8 heteroatoms. The van der Waals surface area contributed by atoms with Crippen molar-refractivity contribution in [3.63, 3.8) is 0 Å². The summed E-state index contributed by atoms with van der Waals surface area (Å²) < 4.78 is 25.0. The summed E-state index contributed by atoms with van der Waals surface area (Å²) in [5.41, 5.74) is -2.13. The average molecular weight is 227 g/mol. The molecule has 6 nitrogen and oxygen atoms in total. The molecule has 0 atom stereocenters. The van der Waals surface area contributed by atoms with E-state index in [1.165, 1.54) is 6.07 Å². The molecular weight excluding hydrogens is 224 g/mol. The number of nitro groups is 1. The Morgan fingerprint density at radius 1 is 1.62 bits per heavy atom. The molecule has 0 N–H and O–H groups in total. The predicted octanol–water partition coefficient (Wildman–Crippen LogP) is 1.61. The Labute approximate surface area is 87.3 Å². The molecule has 1 aromatic heterocycles. The topological polar surface area (TPSA) is 96.9 Å². The van der Waals surface area contributed by atoms with Crippen molar-refractivity contribution in [1.82, 2.24) is 4.98 Å². The smallest absolute Gasteiger partial charge is 0.358 e. The van der Waals surface area contributed by atoms with Gasteiger partial charge in [-0.05, 0) is 9.91 Å². The van der Waals surface area contributed by atoms with Gasteiger partial charge in [-0.2, -0.15) is 5.26 Å². The highest BCUT2D eigenvalue weighted by Gasteiger charge is 2.28. The van der Waals surface area contributed by atoms with E-state index in [2.05, 4.69) is 4.98 Å². The normalized spacial score (nSPS) is 9.88. The monoisotopic (exact) mass is 227 g/mol. The van der Waals surface area contributed by atoms with E-state index in [-0.39, 0.29) is 6.29 Å². The van der Waals surface area contributed by atoms with Gasteiger partial charge in [0.15, 0.2) is 6.29 Å².